The van der Waals surface area contributed by atoms with Crippen molar-refractivity contribution in [3.8, 4) is 0 Å². The highest BCUT2D eigenvalue weighted by Crippen LogP contribution is 2.24. The molecule has 1 fully saturated rings. The maximum Gasteiger partial charge on any atom is 0.226 e. The summed E-state index contributed by atoms with van der Waals surface area (Å²) < 4.78 is 0. The largest absolute Gasteiger partial charge is 0.381 e. The van der Waals surface area contributed by atoms with E-state index in [2.05, 4.69) is 9.97 Å². The molecule has 14 heavy (non-hydrogen) atoms. The third-order valence-electron chi connectivity index (χ3n) is 2.05. The molecule has 0 aromatic carbocycles. The summed E-state index contributed by atoms with van der Waals surface area (Å²) in [5.41, 5.74) is 1.64. The topological polar surface area (TPSA) is 49.2 Å². The van der Waals surface area contributed by atoms with Crippen LogP contribution in [0.5, 0.6) is 0 Å². The van der Waals surface area contributed by atoms with Crippen LogP contribution >= 0.6 is 11.8 Å². The Morgan fingerprint density at radius 3 is 2.57 bits per heavy atom. The van der Waals surface area contributed by atoms with E-state index in [0.29, 0.717) is 6.54 Å². The summed E-state index contributed by atoms with van der Waals surface area (Å²) >= 11 is 1.51. The van der Waals surface area contributed by atoms with Crippen molar-refractivity contribution >= 4 is 17.7 Å². The number of β-amino-alcohol motifs (C(OH)–C–C–N with tert-alkyl or cyclic N) is 1. The van der Waals surface area contributed by atoms with Gasteiger partial charge in [0.25, 0.3) is 0 Å². The molecule has 0 bridgehead atoms. The van der Waals surface area contributed by atoms with Gasteiger partial charge in [0.2, 0.25) is 5.95 Å². The lowest BCUT2D eigenvalue weighted by Crippen LogP contribution is -2.23. The summed E-state index contributed by atoms with van der Waals surface area (Å²) in [7, 11) is 0. The molecular formula is C9H13N3OS. The van der Waals surface area contributed by atoms with Gasteiger partial charge in [-0.05, 0) is 19.9 Å². The van der Waals surface area contributed by atoms with Crippen molar-refractivity contribution in [3.05, 3.63) is 17.5 Å². The first-order valence-corrected chi connectivity index (χ1v) is 5.57. The molecule has 5 heteroatoms. The SMILES string of the molecule is Cc1cc(C)nc(N2CSC(O)C2)n1. The number of thioether (sulfide) groups is 1. The molecule has 76 valence electrons. The van der Waals surface area contributed by atoms with Gasteiger partial charge in [0.15, 0.2) is 0 Å². The van der Waals surface area contributed by atoms with Crippen LogP contribution in [0.15, 0.2) is 6.07 Å². The van der Waals surface area contributed by atoms with Gasteiger partial charge in [-0.1, -0.05) is 0 Å². The highest BCUT2D eigenvalue weighted by atomic mass is 32.2. The standard InChI is InChI=1S/C9H13N3OS/c1-6-3-7(2)11-9(10-6)12-4-8(13)14-5-12/h3,8,13H,4-5H2,1-2H3. The van der Waals surface area contributed by atoms with Gasteiger partial charge in [0.1, 0.15) is 5.44 Å². The van der Waals surface area contributed by atoms with E-state index in [9.17, 15) is 5.11 Å². The number of anilines is 1. The molecule has 0 saturated carbocycles. The van der Waals surface area contributed by atoms with E-state index in [4.69, 9.17) is 0 Å². The zero-order valence-corrected chi connectivity index (χ0v) is 9.08. The van der Waals surface area contributed by atoms with Crippen LogP contribution in [-0.2, 0) is 0 Å². The molecule has 4 nitrogen and oxygen atoms in total. The Bertz CT molecular complexity index is 325. The summed E-state index contributed by atoms with van der Waals surface area (Å²) in [5, 5.41) is 9.37. The fraction of sp³-hybridized carbons (Fsp3) is 0.556. The van der Waals surface area contributed by atoms with E-state index in [1.807, 2.05) is 24.8 Å². The van der Waals surface area contributed by atoms with Crippen LogP contribution in [0, 0.1) is 13.8 Å². The Morgan fingerprint density at radius 2 is 2.07 bits per heavy atom. The van der Waals surface area contributed by atoms with Crippen molar-refractivity contribution in [2.45, 2.75) is 19.3 Å². The average Bonchev–Trinajstić information content (AvgIpc) is 2.50. The van der Waals surface area contributed by atoms with E-state index < -0.39 is 0 Å². The Hall–Kier alpha value is -0.810. The molecule has 1 aliphatic rings. The first-order valence-electron chi connectivity index (χ1n) is 4.52. The van der Waals surface area contributed by atoms with Crippen LogP contribution in [-0.4, -0.2) is 32.9 Å². The fourth-order valence-electron chi connectivity index (χ4n) is 1.46. The van der Waals surface area contributed by atoms with E-state index in [0.717, 1.165) is 23.2 Å². The van der Waals surface area contributed by atoms with Gasteiger partial charge in [-0.3, -0.25) is 0 Å². The molecule has 0 spiro atoms. The van der Waals surface area contributed by atoms with Crippen molar-refractivity contribution in [2.75, 3.05) is 17.3 Å². The van der Waals surface area contributed by atoms with Crippen LogP contribution < -0.4 is 4.90 Å². The summed E-state index contributed by atoms with van der Waals surface area (Å²) in [5.74, 6) is 1.50. The van der Waals surface area contributed by atoms with Crippen molar-refractivity contribution in [3.63, 3.8) is 0 Å². The lowest BCUT2D eigenvalue weighted by atomic mass is 10.3. The number of nitrogens with zero attached hydrogens (tertiary/aromatic N) is 3. The molecule has 1 saturated heterocycles. The lowest BCUT2D eigenvalue weighted by molar-refractivity contribution is 0.275. The monoisotopic (exact) mass is 211 g/mol. The van der Waals surface area contributed by atoms with Gasteiger partial charge in [-0.2, -0.15) is 0 Å². The van der Waals surface area contributed by atoms with Gasteiger partial charge in [0.05, 0.1) is 12.4 Å². The predicted molar refractivity (Wildman–Crippen MR) is 57.3 cm³/mol. The van der Waals surface area contributed by atoms with Crippen LogP contribution in [0.25, 0.3) is 0 Å². The number of hydrogen-bond donors (Lipinski definition) is 1. The predicted octanol–water partition coefficient (Wildman–Crippen LogP) is 0.923. The number of rotatable bonds is 1. The first kappa shape index (κ1) is 9.73. The minimum absolute atomic E-state index is 0.306. The second-order valence-electron chi connectivity index (χ2n) is 3.42. The third-order valence-corrected chi connectivity index (χ3v) is 3.05. The zero-order chi connectivity index (χ0) is 10.1. The minimum Gasteiger partial charge on any atom is -0.381 e. The summed E-state index contributed by atoms with van der Waals surface area (Å²) in [6.07, 6.45) is 0. The molecule has 1 atom stereocenters. The Morgan fingerprint density at radius 1 is 1.43 bits per heavy atom. The number of hydrogen-bond acceptors (Lipinski definition) is 5. The van der Waals surface area contributed by atoms with Gasteiger partial charge in [-0.25, -0.2) is 9.97 Å². The van der Waals surface area contributed by atoms with E-state index in [1.54, 1.807) is 0 Å². The van der Waals surface area contributed by atoms with Gasteiger partial charge < -0.3 is 10.0 Å². The minimum atomic E-state index is -0.306. The van der Waals surface area contributed by atoms with Gasteiger partial charge in [0, 0.05) is 11.4 Å². The highest BCUT2D eigenvalue weighted by Gasteiger charge is 2.22. The molecule has 2 rings (SSSR count). The van der Waals surface area contributed by atoms with Crippen molar-refractivity contribution in [2.24, 2.45) is 0 Å². The first-order chi connectivity index (χ1) is 6.65. The number of aliphatic hydroxyl groups excluding tert-OH is 1. The van der Waals surface area contributed by atoms with E-state index >= 15 is 0 Å². The van der Waals surface area contributed by atoms with E-state index in [1.165, 1.54) is 11.8 Å². The molecule has 1 aliphatic heterocycles. The number of aromatic nitrogens is 2. The molecule has 1 N–H and O–H groups in total. The molecule has 0 aliphatic carbocycles. The van der Waals surface area contributed by atoms with Crippen LogP contribution in [0.4, 0.5) is 5.95 Å². The number of aryl methyl sites for hydroxylation is 2. The van der Waals surface area contributed by atoms with E-state index in [-0.39, 0.29) is 5.44 Å². The fourth-order valence-corrected chi connectivity index (χ4v) is 2.32. The quantitative estimate of drug-likeness (QED) is 0.748. The molecule has 0 radical (unpaired) electrons. The molecule has 2 heterocycles. The second kappa shape index (κ2) is 3.74. The van der Waals surface area contributed by atoms with Crippen LogP contribution in [0.2, 0.25) is 0 Å². The van der Waals surface area contributed by atoms with Crippen LogP contribution in [0.1, 0.15) is 11.4 Å². The summed E-state index contributed by atoms with van der Waals surface area (Å²) in [6, 6.07) is 1.95. The normalized spacial score (nSPS) is 21.6. The molecular weight excluding hydrogens is 198 g/mol. The lowest BCUT2D eigenvalue weighted by Gasteiger charge is -2.14. The Balaban J connectivity index is 2.23. The van der Waals surface area contributed by atoms with Crippen molar-refractivity contribution < 1.29 is 5.11 Å². The van der Waals surface area contributed by atoms with Crippen LogP contribution in [0.3, 0.4) is 0 Å². The second-order valence-corrected chi connectivity index (χ2v) is 4.56. The maximum atomic E-state index is 9.37. The molecule has 1 aromatic heterocycles. The average molecular weight is 211 g/mol. The number of aliphatic hydroxyl groups is 1. The van der Waals surface area contributed by atoms with Crippen molar-refractivity contribution in [1.29, 1.82) is 0 Å². The van der Waals surface area contributed by atoms with Crippen molar-refractivity contribution in [1.82, 2.24) is 9.97 Å². The third kappa shape index (κ3) is 1.99. The molecule has 0 amide bonds. The smallest absolute Gasteiger partial charge is 0.226 e. The van der Waals surface area contributed by atoms with Gasteiger partial charge >= 0.3 is 0 Å². The van der Waals surface area contributed by atoms with Gasteiger partial charge in [-0.15, -0.1) is 11.8 Å². The zero-order valence-electron chi connectivity index (χ0n) is 8.27. The highest BCUT2D eigenvalue weighted by molar-refractivity contribution is 8.00. The summed E-state index contributed by atoms with van der Waals surface area (Å²) in [6.45, 7) is 4.53. The molecule has 1 aromatic rings. The Kier molecular flexibility index (Phi) is 2.60. The summed E-state index contributed by atoms with van der Waals surface area (Å²) in [4.78, 5) is 10.7. The Labute approximate surface area is 87.4 Å². The molecule has 1 unspecified atom stereocenters. The maximum absolute atomic E-state index is 9.37.